The Morgan fingerprint density at radius 3 is 3.06 bits per heavy atom. The van der Waals surface area contributed by atoms with Crippen molar-refractivity contribution in [3.8, 4) is 5.75 Å². The molecule has 0 saturated carbocycles. The maximum atomic E-state index is 9.56. The van der Waals surface area contributed by atoms with Gasteiger partial charge in [0.15, 0.2) is 0 Å². The van der Waals surface area contributed by atoms with E-state index in [0.717, 1.165) is 11.3 Å². The quantitative estimate of drug-likeness (QED) is 0.782. The summed E-state index contributed by atoms with van der Waals surface area (Å²) < 4.78 is 10.3. The summed E-state index contributed by atoms with van der Waals surface area (Å²) in [6.07, 6.45) is -0.398. The zero-order chi connectivity index (χ0) is 11.4. The van der Waals surface area contributed by atoms with Gasteiger partial charge in [0.25, 0.3) is 0 Å². The second-order valence-electron chi connectivity index (χ2n) is 3.94. The molecule has 88 valence electrons. The molecule has 2 unspecified atom stereocenters. The van der Waals surface area contributed by atoms with Crippen LogP contribution in [-0.2, 0) is 11.3 Å². The van der Waals surface area contributed by atoms with Crippen molar-refractivity contribution in [2.24, 2.45) is 0 Å². The smallest absolute Gasteiger partial charge is 0.119 e. The molecule has 1 aliphatic rings. The van der Waals surface area contributed by atoms with Gasteiger partial charge in [0.05, 0.1) is 32.5 Å². The van der Waals surface area contributed by atoms with E-state index < -0.39 is 6.10 Å². The van der Waals surface area contributed by atoms with Crippen molar-refractivity contribution < 1.29 is 14.6 Å². The van der Waals surface area contributed by atoms with Gasteiger partial charge < -0.3 is 19.9 Å². The number of rotatable bonds is 4. The predicted octanol–water partition coefficient (Wildman–Crippen LogP) is 0.544. The van der Waals surface area contributed by atoms with Crippen LogP contribution in [0.5, 0.6) is 5.75 Å². The molecule has 0 amide bonds. The van der Waals surface area contributed by atoms with Gasteiger partial charge >= 0.3 is 0 Å². The first kappa shape index (κ1) is 11.4. The first-order valence-corrected chi connectivity index (χ1v) is 5.41. The van der Waals surface area contributed by atoms with Crippen molar-refractivity contribution in [3.05, 3.63) is 29.8 Å². The number of aliphatic hydroxyl groups is 1. The summed E-state index contributed by atoms with van der Waals surface area (Å²) in [5, 5.41) is 12.8. The van der Waals surface area contributed by atoms with Crippen LogP contribution in [0.3, 0.4) is 0 Å². The van der Waals surface area contributed by atoms with E-state index in [0.29, 0.717) is 19.8 Å². The molecule has 1 aliphatic heterocycles. The summed E-state index contributed by atoms with van der Waals surface area (Å²) in [6, 6.07) is 7.91. The Morgan fingerprint density at radius 2 is 2.38 bits per heavy atom. The maximum Gasteiger partial charge on any atom is 0.119 e. The van der Waals surface area contributed by atoms with Crippen LogP contribution in [0.15, 0.2) is 24.3 Å². The number of aliphatic hydroxyl groups excluding tert-OH is 1. The highest BCUT2D eigenvalue weighted by Crippen LogP contribution is 2.13. The molecule has 4 nitrogen and oxygen atoms in total. The van der Waals surface area contributed by atoms with E-state index in [2.05, 4.69) is 5.32 Å². The Bertz CT molecular complexity index is 343. The summed E-state index contributed by atoms with van der Waals surface area (Å²) in [6.45, 7) is 1.71. The molecule has 2 N–H and O–H groups in total. The molecule has 2 atom stereocenters. The van der Waals surface area contributed by atoms with Crippen LogP contribution in [0.1, 0.15) is 5.56 Å². The topological polar surface area (TPSA) is 50.7 Å². The van der Waals surface area contributed by atoms with E-state index in [-0.39, 0.29) is 6.04 Å². The normalized spacial score (nSPS) is 24.6. The Kier molecular flexibility index (Phi) is 3.77. The lowest BCUT2D eigenvalue weighted by Gasteiger charge is -2.14. The molecule has 0 bridgehead atoms. The minimum atomic E-state index is -0.398. The van der Waals surface area contributed by atoms with Crippen molar-refractivity contribution in [3.63, 3.8) is 0 Å². The van der Waals surface area contributed by atoms with Crippen LogP contribution in [0.25, 0.3) is 0 Å². The minimum absolute atomic E-state index is 0.0335. The SMILES string of the molecule is COc1cccc(CNC2COCC2O)c1. The standard InChI is InChI=1S/C12H17NO3/c1-15-10-4-2-3-9(5-10)6-13-11-7-16-8-12(11)14/h2-5,11-14H,6-8H2,1H3. The Hall–Kier alpha value is -1.10. The average molecular weight is 223 g/mol. The lowest BCUT2D eigenvalue weighted by molar-refractivity contribution is 0.122. The van der Waals surface area contributed by atoms with Crippen molar-refractivity contribution in [1.29, 1.82) is 0 Å². The van der Waals surface area contributed by atoms with Crippen LogP contribution < -0.4 is 10.1 Å². The Balaban J connectivity index is 1.88. The second kappa shape index (κ2) is 5.30. The number of ether oxygens (including phenoxy) is 2. The summed E-state index contributed by atoms with van der Waals surface area (Å²) in [5.41, 5.74) is 1.14. The zero-order valence-corrected chi connectivity index (χ0v) is 9.35. The van der Waals surface area contributed by atoms with Gasteiger partial charge in [-0.25, -0.2) is 0 Å². The lowest BCUT2D eigenvalue weighted by Crippen LogP contribution is -2.38. The molecule has 2 rings (SSSR count). The highest BCUT2D eigenvalue weighted by molar-refractivity contribution is 5.28. The highest BCUT2D eigenvalue weighted by atomic mass is 16.5. The molecule has 1 aromatic rings. The molecule has 1 heterocycles. The van der Waals surface area contributed by atoms with Gasteiger partial charge in [0, 0.05) is 6.54 Å². The zero-order valence-electron chi connectivity index (χ0n) is 9.35. The lowest BCUT2D eigenvalue weighted by atomic mass is 10.1. The van der Waals surface area contributed by atoms with Crippen LogP contribution in [-0.4, -0.2) is 37.6 Å². The van der Waals surface area contributed by atoms with Crippen LogP contribution in [0.4, 0.5) is 0 Å². The van der Waals surface area contributed by atoms with E-state index in [1.54, 1.807) is 7.11 Å². The van der Waals surface area contributed by atoms with E-state index in [9.17, 15) is 5.11 Å². The van der Waals surface area contributed by atoms with Crippen LogP contribution in [0, 0.1) is 0 Å². The van der Waals surface area contributed by atoms with Gasteiger partial charge in [-0.15, -0.1) is 0 Å². The van der Waals surface area contributed by atoms with Gasteiger partial charge in [-0.05, 0) is 17.7 Å². The first-order chi connectivity index (χ1) is 7.79. The number of benzene rings is 1. The van der Waals surface area contributed by atoms with E-state index in [1.165, 1.54) is 0 Å². The van der Waals surface area contributed by atoms with Crippen molar-refractivity contribution in [1.82, 2.24) is 5.32 Å². The molecular formula is C12H17NO3. The van der Waals surface area contributed by atoms with Crippen molar-refractivity contribution >= 4 is 0 Å². The van der Waals surface area contributed by atoms with Crippen molar-refractivity contribution in [2.45, 2.75) is 18.7 Å². The first-order valence-electron chi connectivity index (χ1n) is 5.41. The van der Waals surface area contributed by atoms with Gasteiger partial charge in [-0.1, -0.05) is 12.1 Å². The number of hydrogen-bond donors (Lipinski definition) is 2. The average Bonchev–Trinajstić information content (AvgIpc) is 2.72. The number of methoxy groups -OCH3 is 1. The third kappa shape index (κ3) is 2.72. The molecule has 16 heavy (non-hydrogen) atoms. The molecule has 0 spiro atoms. The minimum Gasteiger partial charge on any atom is -0.497 e. The van der Waals surface area contributed by atoms with Crippen LogP contribution in [0.2, 0.25) is 0 Å². The number of nitrogens with one attached hydrogen (secondary N) is 1. The summed E-state index contributed by atoms with van der Waals surface area (Å²) in [4.78, 5) is 0. The highest BCUT2D eigenvalue weighted by Gasteiger charge is 2.25. The molecule has 4 heteroatoms. The molecule has 1 aromatic carbocycles. The Labute approximate surface area is 95.2 Å². The van der Waals surface area contributed by atoms with E-state index in [1.807, 2.05) is 24.3 Å². The monoisotopic (exact) mass is 223 g/mol. The van der Waals surface area contributed by atoms with Crippen molar-refractivity contribution in [2.75, 3.05) is 20.3 Å². The predicted molar refractivity (Wildman–Crippen MR) is 60.4 cm³/mol. The van der Waals surface area contributed by atoms with E-state index >= 15 is 0 Å². The third-order valence-corrected chi connectivity index (χ3v) is 2.75. The summed E-state index contributed by atoms with van der Waals surface area (Å²) in [7, 11) is 1.65. The molecule has 0 aliphatic carbocycles. The molecule has 0 aromatic heterocycles. The Morgan fingerprint density at radius 1 is 1.50 bits per heavy atom. The summed E-state index contributed by atoms with van der Waals surface area (Å²) in [5.74, 6) is 0.850. The fraction of sp³-hybridized carbons (Fsp3) is 0.500. The maximum absolute atomic E-state index is 9.56. The summed E-state index contributed by atoms with van der Waals surface area (Å²) >= 11 is 0. The molecule has 1 saturated heterocycles. The molecule has 1 fully saturated rings. The fourth-order valence-electron chi connectivity index (χ4n) is 1.77. The molecular weight excluding hydrogens is 206 g/mol. The fourth-order valence-corrected chi connectivity index (χ4v) is 1.77. The van der Waals surface area contributed by atoms with E-state index in [4.69, 9.17) is 9.47 Å². The third-order valence-electron chi connectivity index (χ3n) is 2.75. The van der Waals surface area contributed by atoms with Gasteiger partial charge in [0.1, 0.15) is 5.75 Å². The number of hydrogen-bond acceptors (Lipinski definition) is 4. The van der Waals surface area contributed by atoms with Gasteiger partial charge in [-0.2, -0.15) is 0 Å². The second-order valence-corrected chi connectivity index (χ2v) is 3.94. The molecule has 0 radical (unpaired) electrons. The van der Waals surface area contributed by atoms with Gasteiger partial charge in [-0.3, -0.25) is 0 Å². The van der Waals surface area contributed by atoms with Crippen LogP contribution >= 0.6 is 0 Å². The van der Waals surface area contributed by atoms with Gasteiger partial charge in [0.2, 0.25) is 0 Å². The largest absolute Gasteiger partial charge is 0.497 e.